The van der Waals surface area contributed by atoms with Crippen molar-refractivity contribution in [2.75, 3.05) is 28.4 Å². The third-order valence-electron chi connectivity index (χ3n) is 5.63. The average molecular weight is 431 g/mol. The maximum atomic E-state index is 6.26. The van der Waals surface area contributed by atoms with Crippen molar-refractivity contribution in [1.82, 2.24) is 0 Å². The van der Waals surface area contributed by atoms with Crippen LogP contribution in [-0.2, 0) is 0 Å². The van der Waals surface area contributed by atoms with Crippen LogP contribution in [0.3, 0.4) is 0 Å². The molecule has 0 unspecified atom stereocenters. The van der Waals surface area contributed by atoms with Crippen molar-refractivity contribution in [1.29, 1.82) is 0 Å². The Morgan fingerprint density at radius 1 is 0.781 bits per heavy atom. The van der Waals surface area contributed by atoms with Gasteiger partial charge >= 0.3 is 0 Å². The predicted octanol–water partition coefficient (Wildman–Crippen LogP) is 6.50. The van der Waals surface area contributed by atoms with E-state index in [0.717, 1.165) is 44.5 Å². The van der Waals surface area contributed by atoms with Crippen molar-refractivity contribution in [3.8, 4) is 34.1 Å². The van der Waals surface area contributed by atoms with Crippen LogP contribution in [0.1, 0.15) is 16.9 Å². The second-order valence-electron chi connectivity index (χ2n) is 7.36. The van der Waals surface area contributed by atoms with Gasteiger partial charge in [-0.05, 0) is 36.2 Å². The summed E-state index contributed by atoms with van der Waals surface area (Å²) in [5.41, 5.74) is 5.36. The van der Waals surface area contributed by atoms with Crippen molar-refractivity contribution >= 4 is 16.5 Å². The zero-order valence-corrected chi connectivity index (χ0v) is 18.9. The molecule has 32 heavy (non-hydrogen) atoms. The largest absolute Gasteiger partial charge is 0.496 e. The quantitative estimate of drug-likeness (QED) is 0.335. The minimum absolute atomic E-state index is 0.533. The Labute approximate surface area is 187 Å². The van der Waals surface area contributed by atoms with Gasteiger partial charge < -0.3 is 23.4 Å². The molecule has 0 amide bonds. The van der Waals surface area contributed by atoms with Crippen LogP contribution in [0, 0.1) is 6.92 Å². The van der Waals surface area contributed by atoms with Gasteiger partial charge in [0, 0.05) is 28.2 Å². The molecule has 3 aromatic carbocycles. The van der Waals surface area contributed by atoms with Crippen molar-refractivity contribution in [2.45, 2.75) is 6.92 Å². The summed E-state index contributed by atoms with van der Waals surface area (Å²) in [6.45, 7) is 6.34. The molecule has 0 bridgehead atoms. The molecule has 0 radical (unpaired) electrons. The fourth-order valence-electron chi connectivity index (χ4n) is 3.93. The van der Waals surface area contributed by atoms with E-state index in [1.165, 1.54) is 0 Å². The zero-order valence-electron chi connectivity index (χ0n) is 18.9. The van der Waals surface area contributed by atoms with Crippen LogP contribution in [-0.4, -0.2) is 28.4 Å². The fourth-order valence-corrected chi connectivity index (χ4v) is 3.93. The average Bonchev–Trinajstić information content (AvgIpc) is 3.17. The maximum Gasteiger partial charge on any atom is 0.203 e. The van der Waals surface area contributed by atoms with Crippen LogP contribution in [0.5, 0.6) is 23.0 Å². The monoisotopic (exact) mass is 430 g/mol. The van der Waals surface area contributed by atoms with Gasteiger partial charge in [0.2, 0.25) is 5.75 Å². The first-order chi connectivity index (χ1) is 15.5. The Morgan fingerprint density at radius 2 is 1.41 bits per heavy atom. The maximum absolute atomic E-state index is 6.26. The van der Waals surface area contributed by atoms with Gasteiger partial charge in [-0.1, -0.05) is 36.9 Å². The first-order valence-electron chi connectivity index (χ1n) is 10.2. The Bertz CT molecular complexity index is 1260. The number of furan rings is 1. The molecule has 5 nitrogen and oxygen atoms in total. The SMILES string of the molecule is C=C(c1cc(OC)c(OC)c(OC)c1)c1oc2cc(OC)c(-c3ccccc3)cc2c1C. The van der Waals surface area contributed by atoms with E-state index in [9.17, 15) is 0 Å². The molecule has 4 rings (SSSR count). The van der Waals surface area contributed by atoms with Crippen LogP contribution < -0.4 is 18.9 Å². The van der Waals surface area contributed by atoms with Gasteiger partial charge in [0.05, 0.1) is 28.4 Å². The summed E-state index contributed by atoms with van der Waals surface area (Å²) < 4.78 is 28.3. The third-order valence-corrected chi connectivity index (χ3v) is 5.63. The first-order valence-corrected chi connectivity index (χ1v) is 10.2. The normalized spacial score (nSPS) is 10.8. The molecule has 0 atom stereocenters. The minimum Gasteiger partial charge on any atom is -0.496 e. The van der Waals surface area contributed by atoms with Crippen LogP contribution in [0.25, 0.3) is 27.7 Å². The smallest absolute Gasteiger partial charge is 0.203 e. The van der Waals surface area contributed by atoms with Crippen molar-refractivity contribution in [3.63, 3.8) is 0 Å². The number of fused-ring (bicyclic) bond motifs is 1. The lowest BCUT2D eigenvalue weighted by Crippen LogP contribution is -1.97. The van der Waals surface area contributed by atoms with Gasteiger partial charge in [-0.3, -0.25) is 0 Å². The summed E-state index contributed by atoms with van der Waals surface area (Å²) in [5.74, 6) is 3.10. The van der Waals surface area contributed by atoms with Crippen molar-refractivity contribution in [2.24, 2.45) is 0 Å². The van der Waals surface area contributed by atoms with Crippen molar-refractivity contribution < 1.29 is 23.4 Å². The number of benzene rings is 3. The fraction of sp³-hybridized carbons (Fsp3) is 0.185. The highest BCUT2D eigenvalue weighted by atomic mass is 16.5. The number of methoxy groups -OCH3 is 4. The standard InChI is InChI=1S/C27H26O5/c1-16(19-12-24(29-4)27(31-6)25(13-19)30-5)26-17(2)20-14-21(18-10-8-7-9-11-18)22(28-3)15-23(20)32-26/h7-15H,1H2,2-6H3. The molecule has 0 aliphatic carbocycles. The van der Waals surface area contributed by atoms with Crippen LogP contribution in [0.4, 0.5) is 0 Å². The lowest BCUT2D eigenvalue weighted by atomic mass is 9.98. The van der Waals surface area contributed by atoms with Gasteiger partial charge in [-0.2, -0.15) is 0 Å². The molecule has 0 aliphatic rings. The van der Waals surface area contributed by atoms with E-state index in [1.54, 1.807) is 28.4 Å². The van der Waals surface area contributed by atoms with Crippen molar-refractivity contribution in [3.05, 3.63) is 78.1 Å². The molecule has 1 aromatic heterocycles. The molecule has 4 aromatic rings. The minimum atomic E-state index is 0.533. The van der Waals surface area contributed by atoms with Gasteiger partial charge in [0.1, 0.15) is 17.1 Å². The van der Waals surface area contributed by atoms with Crippen LogP contribution in [0.2, 0.25) is 0 Å². The lowest BCUT2D eigenvalue weighted by molar-refractivity contribution is 0.324. The number of hydrogen-bond donors (Lipinski definition) is 0. The van der Waals surface area contributed by atoms with Crippen LogP contribution in [0.15, 0.2) is 65.6 Å². The topological polar surface area (TPSA) is 50.1 Å². The lowest BCUT2D eigenvalue weighted by Gasteiger charge is -2.14. The number of hydrogen-bond acceptors (Lipinski definition) is 5. The van der Waals surface area contributed by atoms with E-state index in [2.05, 4.69) is 24.8 Å². The Balaban J connectivity index is 1.85. The summed E-state index contributed by atoms with van der Waals surface area (Å²) in [5, 5.41) is 1.01. The number of ether oxygens (including phenoxy) is 4. The summed E-state index contributed by atoms with van der Waals surface area (Å²) in [6, 6.07) is 17.9. The second kappa shape index (κ2) is 8.71. The van der Waals surface area contributed by atoms with E-state index in [-0.39, 0.29) is 0 Å². The summed E-state index contributed by atoms with van der Waals surface area (Å²) in [4.78, 5) is 0. The highest BCUT2D eigenvalue weighted by Crippen LogP contribution is 2.43. The molecule has 0 saturated heterocycles. The van der Waals surface area contributed by atoms with Gasteiger partial charge in [0.15, 0.2) is 11.5 Å². The molecular formula is C27H26O5. The molecule has 164 valence electrons. The molecule has 1 heterocycles. The Morgan fingerprint density at radius 3 is 1.97 bits per heavy atom. The van der Waals surface area contributed by atoms with E-state index in [0.29, 0.717) is 23.0 Å². The molecule has 0 saturated carbocycles. The number of aryl methyl sites for hydroxylation is 1. The Kier molecular flexibility index (Phi) is 5.82. The third kappa shape index (κ3) is 3.56. The highest BCUT2D eigenvalue weighted by molar-refractivity contribution is 5.94. The molecule has 0 N–H and O–H groups in total. The van der Waals surface area contributed by atoms with E-state index >= 15 is 0 Å². The molecule has 5 heteroatoms. The van der Waals surface area contributed by atoms with Crippen LogP contribution >= 0.6 is 0 Å². The number of rotatable bonds is 7. The van der Waals surface area contributed by atoms with E-state index in [1.807, 2.05) is 43.3 Å². The molecule has 0 fully saturated rings. The summed E-state index contributed by atoms with van der Waals surface area (Å²) >= 11 is 0. The van der Waals surface area contributed by atoms with Gasteiger partial charge in [0.25, 0.3) is 0 Å². The van der Waals surface area contributed by atoms with Gasteiger partial charge in [-0.25, -0.2) is 0 Å². The first kappa shape index (κ1) is 21.4. The highest BCUT2D eigenvalue weighted by Gasteiger charge is 2.21. The summed E-state index contributed by atoms with van der Waals surface area (Å²) in [7, 11) is 6.43. The molecular weight excluding hydrogens is 404 g/mol. The van der Waals surface area contributed by atoms with E-state index < -0.39 is 0 Å². The predicted molar refractivity (Wildman–Crippen MR) is 127 cm³/mol. The summed E-state index contributed by atoms with van der Waals surface area (Å²) in [6.07, 6.45) is 0. The van der Waals surface area contributed by atoms with E-state index in [4.69, 9.17) is 23.4 Å². The molecule has 0 spiro atoms. The molecule has 0 aliphatic heterocycles. The Hall–Kier alpha value is -3.86. The zero-order chi connectivity index (χ0) is 22.8. The van der Waals surface area contributed by atoms with Gasteiger partial charge in [-0.15, -0.1) is 0 Å². The second-order valence-corrected chi connectivity index (χ2v) is 7.36.